The fourth-order valence-corrected chi connectivity index (χ4v) is 0.550. The maximum absolute atomic E-state index is 10.0. The molecule has 0 saturated heterocycles. The number of nitro benzene ring substituents is 1. The smallest absolute Gasteiger partial charge is 0.402 e. The standard InChI is InChI=1S/C6H5NO2.CH3NO2/c8-7(9)6-4-2-1-3-5-6;2-1(3)4/h1-5H;2H2,(H,3,4). The maximum atomic E-state index is 10.0. The second-order valence-corrected chi connectivity index (χ2v) is 1.93. The van der Waals surface area contributed by atoms with Crippen molar-refractivity contribution in [2.45, 2.75) is 0 Å². The topological polar surface area (TPSA) is 106 Å². The lowest BCUT2D eigenvalue weighted by molar-refractivity contribution is -0.384. The summed E-state index contributed by atoms with van der Waals surface area (Å²) in [5.74, 6) is 0. The largest absolute Gasteiger partial charge is 0.465 e. The quantitative estimate of drug-likeness (QED) is 0.505. The molecule has 6 heteroatoms. The molecule has 0 bridgehead atoms. The number of para-hydroxylation sites is 1. The SMILES string of the molecule is NC(=O)O.O=[N+]([O-])c1ccccc1. The number of amides is 1. The fourth-order valence-electron chi connectivity index (χ4n) is 0.550. The molecule has 0 saturated carbocycles. The molecular weight excluding hydrogens is 176 g/mol. The van der Waals surface area contributed by atoms with Crippen LogP contribution in [0.2, 0.25) is 0 Å². The van der Waals surface area contributed by atoms with Crippen LogP contribution in [-0.4, -0.2) is 16.1 Å². The third kappa shape index (κ3) is 6.29. The van der Waals surface area contributed by atoms with Gasteiger partial charge in [-0.15, -0.1) is 0 Å². The van der Waals surface area contributed by atoms with Crippen LogP contribution in [0, 0.1) is 10.1 Å². The molecule has 3 N–H and O–H groups in total. The van der Waals surface area contributed by atoms with Gasteiger partial charge in [-0.1, -0.05) is 18.2 Å². The minimum Gasteiger partial charge on any atom is -0.465 e. The molecule has 0 fully saturated rings. The first-order valence-electron chi connectivity index (χ1n) is 3.22. The summed E-state index contributed by atoms with van der Waals surface area (Å²) in [6.07, 6.45) is -1.33. The summed E-state index contributed by atoms with van der Waals surface area (Å²) in [6.45, 7) is 0. The number of carboxylic acid groups (broad SMARTS) is 1. The van der Waals surface area contributed by atoms with Crippen molar-refractivity contribution < 1.29 is 14.8 Å². The van der Waals surface area contributed by atoms with Crippen molar-refractivity contribution in [1.82, 2.24) is 0 Å². The van der Waals surface area contributed by atoms with Crippen molar-refractivity contribution in [3.8, 4) is 0 Å². The predicted octanol–water partition coefficient (Wildman–Crippen LogP) is 1.22. The Morgan fingerprint density at radius 3 is 2.00 bits per heavy atom. The zero-order chi connectivity index (χ0) is 10.3. The second-order valence-electron chi connectivity index (χ2n) is 1.93. The van der Waals surface area contributed by atoms with Crippen molar-refractivity contribution in [2.24, 2.45) is 5.73 Å². The molecule has 1 aromatic rings. The number of rotatable bonds is 1. The lowest BCUT2D eigenvalue weighted by atomic mass is 10.3. The van der Waals surface area contributed by atoms with E-state index < -0.39 is 11.0 Å². The molecule has 0 aliphatic rings. The first-order valence-corrected chi connectivity index (χ1v) is 3.22. The minimum atomic E-state index is -1.33. The maximum Gasteiger partial charge on any atom is 0.402 e. The van der Waals surface area contributed by atoms with Gasteiger partial charge in [-0.3, -0.25) is 10.1 Å². The van der Waals surface area contributed by atoms with Gasteiger partial charge < -0.3 is 10.8 Å². The summed E-state index contributed by atoms with van der Waals surface area (Å²) in [6, 6.07) is 7.93. The lowest BCUT2D eigenvalue weighted by Crippen LogP contribution is -2.03. The average molecular weight is 184 g/mol. The summed E-state index contributed by atoms with van der Waals surface area (Å²) in [5, 5.41) is 17.2. The van der Waals surface area contributed by atoms with E-state index in [-0.39, 0.29) is 5.69 Å². The van der Waals surface area contributed by atoms with Crippen LogP contribution in [0.25, 0.3) is 0 Å². The molecule has 0 unspecified atom stereocenters. The summed E-state index contributed by atoms with van der Waals surface area (Å²) in [4.78, 5) is 18.4. The Bertz CT molecular complexity index is 282. The Morgan fingerprint density at radius 1 is 1.38 bits per heavy atom. The number of nitro groups is 1. The van der Waals surface area contributed by atoms with Crippen molar-refractivity contribution in [1.29, 1.82) is 0 Å². The van der Waals surface area contributed by atoms with Crippen LogP contribution in [0.5, 0.6) is 0 Å². The fraction of sp³-hybridized carbons (Fsp3) is 0. The highest BCUT2D eigenvalue weighted by molar-refractivity contribution is 5.61. The summed E-state index contributed by atoms with van der Waals surface area (Å²) in [5.41, 5.74) is 4.16. The van der Waals surface area contributed by atoms with Gasteiger partial charge in [-0.2, -0.15) is 0 Å². The number of primary amides is 1. The van der Waals surface area contributed by atoms with E-state index >= 15 is 0 Å². The number of hydrogen-bond donors (Lipinski definition) is 2. The number of nitrogens with zero attached hydrogens (tertiary/aromatic N) is 1. The number of carbonyl (C=O) groups is 1. The predicted molar refractivity (Wildman–Crippen MR) is 45.3 cm³/mol. The molecule has 0 aliphatic heterocycles. The minimum absolute atomic E-state index is 0.137. The molecule has 13 heavy (non-hydrogen) atoms. The van der Waals surface area contributed by atoms with Crippen LogP contribution in [0.4, 0.5) is 10.5 Å². The van der Waals surface area contributed by atoms with Crippen molar-refractivity contribution >= 4 is 11.8 Å². The van der Waals surface area contributed by atoms with Crippen LogP contribution in [0.1, 0.15) is 0 Å². The average Bonchev–Trinajstić information content (AvgIpc) is 2.05. The van der Waals surface area contributed by atoms with Gasteiger partial charge in [0.2, 0.25) is 0 Å². The van der Waals surface area contributed by atoms with Gasteiger partial charge in [-0.05, 0) is 0 Å². The highest BCUT2D eigenvalue weighted by Crippen LogP contribution is 2.06. The third-order valence-corrected chi connectivity index (χ3v) is 0.967. The van der Waals surface area contributed by atoms with Gasteiger partial charge >= 0.3 is 6.09 Å². The molecule has 1 aromatic carbocycles. The molecule has 70 valence electrons. The van der Waals surface area contributed by atoms with E-state index in [0.29, 0.717) is 0 Å². The van der Waals surface area contributed by atoms with Gasteiger partial charge in [0.05, 0.1) is 4.92 Å². The van der Waals surface area contributed by atoms with Crippen molar-refractivity contribution in [3.05, 3.63) is 40.4 Å². The van der Waals surface area contributed by atoms with Gasteiger partial charge in [0.15, 0.2) is 0 Å². The molecule has 0 radical (unpaired) electrons. The second kappa shape index (κ2) is 5.53. The Kier molecular flexibility index (Phi) is 4.63. The van der Waals surface area contributed by atoms with Crippen LogP contribution < -0.4 is 5.73 Å². The highest BCUT2D eigenvalue weighted by Gasteiger charge is 1.98. The Balaban J connectivity index is 0.000000310. The normalized spacial score (nSPS) is 8.00. The zero-order valence-corrected chi connectivity index (χ0v) is 6.58. The van der Waals surface area contributed by atoms with Gasteiger partial charge in [0.25, 0.3) is 5.69 Å². The molecule has 0 heterocycles. The monoisotopic (exact) mass is 184 g/mol. The molecule has 1 amide bonds. The molecule has 0 spiro atoms. The van der Waals surface area contributed by atoms with E-state index in [1.165, 1.54) is 12.1 Å². The summed E-state index contributed by atoms with van der Waals surface area (Å²) >= 11 is 0. The Morgan fingerprint density at radius 2 is 1.77 bits per heavy atom. The number of nitrogens with two attached hydrogens (primary N) is 1. The Hall–Kier alpha value is -2.11. The number of hydrogen-bond acceptors (Lipinski definition) is 3. The van der Waals surface area contributed by atoms with Crippen LogP contribution in [0.3, 0.4) is 0 Å². The van der Waals surface area contributed by atoms with Gasteiger partial charge in [0, 0.05) is 12.1 Å². The van der Waals surface area contributed by atoms with E-state index in [9.17, 15) is 10.1 Å². The zero-order valence-electron chi connectivity index (χ0n) is 6.58. The van der Waals surface area contributed by atoms with Gasteiger partial charge in [-0.25, -0.2) is 4.79 Å². The van der Waals surface area contributed by atoms with Crippen LogP contribution in [0.15, 0.2) is 30.3 Å². The molecule has 1 rings (SSSR count). The van der Waals surface area contributed by atoms with E-state index in [2.05, 4.69) is 5.73 Å². The van der Waals surface area contributed by atoms with E-state index in [4.69, 9.17) is 9.90 Å². The van der Waals surface area contributed by atoms with Crippen LogP contribution in [-0.2, 0) is 0 Å². The van der Waals surface area contributed by atoms with E-state index in [1.807, 2.05) is 0 Å². The van der Waals surface area contributed by atoms with Gasteiger partial charge in [0.1, 0.15) is 0 Å². The molecule has 0 atom stereocenters. The van der Waals surface area contributed by atoms with Crippen molar-refractivity contribution in [2.75, 3.05) is 0 Å². The summed E-state index contributed by atoms with van der Waals surface area (Å²) in [7, 11) is 0. The highest BCUT2D eigenvalue weighted by atomic mass is 16.6. The first-order chi connectivity index (χ1) is 6.04. The number of benzene rings is 1. The van der Waals surface area contributed by atoms with Crippen molar-refractivity contribution in [3.63, 3.8) is 0 Å². The van der Waals surface area contributed by atoms with E-state index in [1.54, 1.807) is 18.2 Å². The summed E-state index contributed by atoms with van der Waals surface area (Å²) < 4.78 is 0. The lowest BCUT2D eigenvalue weighted by Gasteiger charge is -1.85. The Labute approximate surface area is 73.8 Å². The molecule has 6 nitrogen and oxygen atoms in total. The molecular formula is C7H8N2O4. The number of non-ortho nitro benzene ring substituents is 1. The van der Waals surface area contributed by atoms with Crippen LogP contribution >= 0.6 is 0 Å². The van der Waals surface area contributed by atoms with E-state index in [0.717, 1.165) is 0 Å². The first kappa shape index (κ1) is 10.9. The third-order valence-electron chi connectivity index (χ3n) is 0.967. The molecule has 0 aromatic heterocycles. The molecule has 0 aliphatic carbocycles.